The lowest BCUT2D eigenvalue weighted by atomic mass is 10.0. The van der Waals surface area contributed by atoms with Crippen molar-refractivity contribution in [2.45, 2.75) is 161 Å². The number of hydrogen-bond donors (Lipinski definition) is 0. The SMILES string of the molecule is CCCCCCc1ccc(N(c2ccc(CCCCCCOCC3CO3)cc2)c2ccc(-c3nnc(-c4ccc(N(c5ccc(CCCCCC)cc5)c5ccc(C(CCCCC)OCC6CO6)cc5)cc4)o3)cc2)cc1. The molecule has 1 aromatic heterocycles. The highest BCUT2D eigenvalue weighted by Gasteiger charge is 2.26. The number of rotatable bonds is 35. The van der Waals surface area contributed by atoms with Gasteiger partial charge in [-0.05, 0) is 171 Å². The molecule has 0 N–H and O–H groups in total. The van der Waals surface area contributed by atoms with Gasteiger partial charge in [0.2, 0.25) is 11.8 Å². The van der Waals surface area contributed by atoms with E-state index in [-0.39, 0.29) is 12.2 Å². The summed E-state index contributed by atoms with van der Waals surface area (Å²) in [6.45, 7) is 10.7. The molecule has 77 heavy (non-hydrogen) atoms. The van der Waals surface area contributed by atoms with E-state index < -0.39 is 0 Å². The smallest absolute Gasteiger partial charge is 0.248 e. The number of benzene rings is 6. The normalized spacial score (nSPS) is 15.2. The fraction of sp³-hybridized carbons (Fsp3) is 0.441. The maximum atomic E-state index is 6.44. The first kappa shape index (κ1) is 55.6. The topological polar surface area (TPSA) is 88.9 Å². The zero-order valence-corrected chi connectivity index (χ0v) is 46.4. The van der Waals surface area contributed by atoms with Crippen molar-refractivity contribution in [2.24, 2.45) is 0 Å². The van der Waals surface area contributed by atoms with Crippen molar-refractivity contribution in [3.63, 3.8) is 0 Å². The van der Waals surface area contributed by atoms with Crippen LogP contribution in [0.3, 0.4) is 0 Å². The van der Waals surface area contributed by atoms with Crippen LogP contribution >= 0.6 is 0 Å². The molecule has 9 rings (SSSR count). The fourth-order valence-corrected chi connectivity index (χ4v) is 10.2. The molecular weight excluding hydrogens is 953 g/mol. The van der Waals surface area contributed by atoms with Gasteiger partial charge < -0.3 is 33.2 Å². The summed E-state index contributed by atoms with van der Waals surface area (Å²) < 4.78 is 29.3. The van der Waals surface area contributed by atoms with Gasteiger partial charge in [-0.2, -0.15) is 0 Å². The number of nitrogens with zero attached hydrogens (tertiary/aromatic N) is 4. The molecule has 0 spiro atoms. The van der Waals surface area contributed by atoms with Crippen LogP contribution in [0.15, 0.2) is 150 Å². The van der Waals surface area contributed by atoms with E-state index in [1.807, 2.05) is 0 Å². The van der Waals surface area contributed by atoms with Gasteiger partial charge in [0, 0.05) is 51.9 Å². The summed E-state index contributed by atoms with van der Waals surface area (Å²) in [5.74, 6) is 0.965. The monoisotopic (exact) mass is 1040 g/mol. The van der Waals surface area contributed by atoms with Crippen molar-refractivity contribution in [1.29, 1.82) is 0 Å². The molecule has 0 saturated carbocycles. The maximum Gasteiger partial charge on any atom is 0.248 e. The largest absolute Gasteiger partial charge is 0.416 e. The van der Waals surface area contributed by atoms with Crippen molar-refractivity contribution in [3.05, 3.63) is 168 Å². The lowest BCUT2D eigenvalue weighted by Gasteiger charge is -2.26. The number of ether oxygens (including phenoxy) is 4. The minimum Gasteiger partial charge on any atom is -0.416 e. The Morgan fingerprint density at radius 3 is 1.21 bits per heavy atom. The molecule has 3 unspecified atom stereocenters. The van der Waals surface area contributed by atoms with Gasteiger partial charge >= 0.3 is 0 Å². The van der Waals surface area contributed by atoms with Crippen LogP contribution in [-0.4, -0.2) is 55.4 Å². The molecule has 0 aliphatic carbocycles. The van der Waals surface area contributed by atoms with E-state index >= 15 is 0 Å². The average Bonchev–Trinajstić information content (AvgIpc) is 4.43. The summed E-state index contributed by atoms with van der Waals surface area (Å²) in [5, 5.41) is 9.13. The molecule has 9 nitrogen and oxygen atoms in total. The van der Waals surface area contributed by atoms with Crippen molar-refractivity contribution in [2.75, 3.05) is 42.8 Å². The molecule has 6 aromatic carbocycles. The van der Waals surface area contributed by atoms with E-state index in [1.165, 1.54) is 106 Å². The highest BCUT2D eigenvalue weighted by atomic mass is 16.6. The number of epoxide rings is 2. The predicted octanol–water partition coefficient (Wildman–Crippen LogP) is 18.1. The number of unbranched alkanes of at least 4 members (excludes halogenated alkanes) is 11. The van der Waals surface area contributed by atoms with Gasteiger partial charge in [0.05, 0.1) is 32.5 Å². The molecule has 0 bridgehead atoms. The van der Waals surface area contributed by atoms with Crippen LogP contribution in [0.2, 0.25) is 0 Å². The molecule has 2 aliphatic heterocycles. The molecule has 0 amide bonds. The third-order valence-electron chi connectivity index (χ3n) is 15.1. The Morgan fingerprint density at radius 2 is 0.792 bits per heavy atom. The second-order valence-corrected chi connectivity index (χ2v) is 21.4. The number of anilines is 6. The van der Waals surface area contributed by atoms with Gasteiger partial charge in [-0.1, -0.05) is 140 Å². The summed E-state index contributed by atoms with van der Waals surface area (Å²) >= 11 is 0. The van der Waals surface area contributed by atoms with Crippen LogP contribution in [0.1, 0.15) is 152 Å². The van der Waals surface area contributed by atoms with Crippen LogP contribution in [0.25, 0.3) is 22.9 Å². The van der Waals surface area contributed by atoms with E-state index in [4.69, 9.17) is 23.4 Å². The van der Waals surface area contributed by atoms with Crippen molar-refractivity contribution in [1.82, 2.24) is 10.2 Å². The summed E-state index contributed by atoms with van der Waals surface area (Å²) in [7, 11) is 0. The van der Waals surface area contributed by atoms with Gasteiger partial charge in [-0.15, -0.1) is 10.2 Å². The van der Waals surface area contributed by atoms with E-state index in [0.29, 0.717) is 24.5 Å². The van der Waals surface area contributed by atoms with Gasteiger partial charge in [-0.25, -0.2) is 0 Å². The lowest BCUT2D eigenvalue weighted by molar-refractivity contribution is 0.0347. The first-order chi connectivity index (χ1) is 38.0. The Bertz CT molecular complexity index is 2750. The lowest BCUT2D eigenvalue weighted by Crippen LogP contribution is -2.12. The predicted molar refractivity (Wildman–Crippen MR) is 316 cm³/mol. The van der Waals surface area contributed by atoms with E-state index in [0.717, 1.165) is 110 Å². The fourth-order valence-electron chi connectivity index (χ4n) is 10.2. The molecule has 2 saturated heterocycles. The summed E-state index contributed by atoms with van der Waals surface area (Å²) in [5.41, 5.74) is 13.6. The van der Waals surface area contributed by atoms with Crippen LogP contribution in [0.5, 0.6) is 0 Å². The quantitative estimate of drug-likeness (QED) is 0.0285. The minimum absolute atomic E-state index is 0.0528. The minimum atomic E-state index is 0.0528. The van der Waals surface area contributed by atoms with Crippen molar-refractivity contribution < 1.29 is 23.4 Å². The van der Waals surface area contributed by atoms with Crippen LogP contribution in [0.4, 0.5) is 34.1 Å². The first-order valence-corrected chi connectivity index (χ1v) is 29.5. The van der Waals surface area contributed by atoms with Crippen molar-refractivity contribution >= 4 is 34.1 Å². The average molecular weight is 1040 g/mol. The summed E-state index contributed by atoms with van der Waals surface area (Å²) in [6, 6.07) is 53.2. The molecule has 2 aliphatic rings. The number of hydrogen-bond acceptors (Lipinski definition) is 9. The molecule has 9 heteroatoms. The maximum absolute atomic E-state index is 6.44. The zero-order chi connectivity index (χ0) is 52.9. The van der Waals surface area contributed by atoms with Crippen molar-refractivity contribution in [3.8, 4) is 22.9 Å². The standard InChI is InChI=1S/C68H84N4O5/c1-4-7-10-15-19-52-23-35-58(36-24-52)71(59-37-27-54(28-38-59)21-17-12-13-18-47-73-48-64-49-74-64)62-43-31-56(32-44-62)67-69-70-68(77-67)57-33-45-63(46-34-57)72(60-39-25-53(26-40-60)20-16-11-8-5-2)61-41-29-55(30-42-61)66(22-14-9-6-3)76-51-65-50-75-65/h23-46,64-66H,4-22,47-51H2,1-3H3. The second-order valence-electron chi connectivity index (χ2n) is 21.4. The highest BCUT2D eigenvalue weighted by molar-refractivity contribution is 5.79. The summed E-state index contributed by atoms with van der Waals surface area (Å²) in [6.07, 6.45) is 23.2. The summed E-state index contributed by atoms with van der Waals surface area (Å²) in [4.78, 5) is 4.67. The number of aromatic nitrogens is 2. The molecule has 0 radical (unpaired) electrons. The molecular formula is C68H84N4O5. The van der Waals surface area contributed by atoms with E-state index in [2.05, 4.69) is 186 Å². The van der Waals surface area contributed by atoms with Crippen LogP contribution in [-0.2, 0) is 38.2 Å². The Balaban J connectivity index is 0.897. The Hall–Kier alpha value is -6.10. The van der Waals surface area contributed by atoms with Gasteiger partial charge in [-0.3, -0.25) is 0 Å². The molecule has 406 valence electrons. The van der Waals surface area contributed by atoms with Crippen LogP contribution < -0.4 is 9.80 Å². The Labute approximate surface area is 460 Å². The molecule has 3 atom stereocenters. The third-order valence-corrected chi connectivity index (χ3v) is 15.1. The Kier molecular flexibility index (Phi) is 21.4. The Morgan fingerprint density at radius 1 is 0.429 bits per heavy atom. The van der Waals surface area contributed by atoms with Gasteiger partial charge in [0.25, 0.3) is 0 Å². The van der Waals surface area contributed by atoms with Gasteiger partial charge in [0.15, 0.2) is 0 Å². The molecule has 3 heterocycles. The zero-order valence-electron chi connectivity index (χ0n) is 46.4. The first-order valence-electron chi connectivity index (χ1n) is 29.5. The molecule has 7 aromatic rings. The molecule has 2 fully saturated rings. The van der Waals surface area contributed by atoms with E-state index in [1.54, 1.807) is 0 Å². The van der Waals surface area contributed by atoms with Crippen LogP contribution in [0, 0.1) is 0 Å². The highest BCUT2D eigenvalue weighted by Crippen LogP contribution is 2.39. The second kappa shape index (κ2) is 29.6. The number of aryl methyl sites for hydroxylation is 3. The van der Waals surface area contributed by atoms with E-state index in [9.17, 15) is 0 Å². The van der Waals surface area contributed by atoms with Gasteiger partial charge in [0.1, 0.15) is 12.2 Å². The third kappa shape index (κ3) is 16.9.